The minimum Gasteiger partial charge on any atom is -0.478 e. The van der Waals surface area contributed by atoms with Gasteiger partial charge < -0.3 is 15.3 Å². The van der Waals surface area contributed by atoms with E-state index in [-0.39, 0.29) is 10.8 Å². The number of hydrogen-bond acceptors (Lipinski definition) is 6. The van der Waals surface area contributed by atoms with E-state index in [1.807, 2.05) is 24.3 Å². The van der Waals surface area contributed by atoms with Crippen LogP contribution in [0.3, 0.4) is 0 Å². The quantitative estimate of drug-likeness (QED) is 0.355. The maximum Gasteiger partial charge on any atom is 0.336 e. The van der Waals surface area contributed by atoms with Crippen LogP contribution in [0.25, 0.3) is 11.1 Å². The van der Waals surface area contributed by atoms with Gasteiger partial charge in [0.2, 0.25) is 10.4 Å². The molecule has 0 amide bonds. The molecule has 8 heteroatoms. The molecule has 4 rings (SSSR count). The van der Waals surface area contributed by atoms with Crippen LogP contribution in [0.5, 0.6) is 0 Å². The lowest BCUT2D eigenvalue weighted by Crippen LogP contribution is -2.39. The highest BCUT2D eigenvalue weighted by molar-refractivity contribution is 7.10. The number of aromatic nitrogens is 2. The van der Waals surface area contributed by atoms with E-state index in [4.69, 9.17) is 11.6 Å². The van der Waals surface area contributed by atoms with E-state index in [0.717, 1.165) is 23.5 Å². The van der Waals surface area contributed by atoms with Gasteiger partial charge >= 0.3 is 5.97 Å². The molecule has 33 heavy (non-hydrogen) atoms. The first-order valence-corrected chi connectivity index (χ1v) is 12.6. The Kier molecular flexibility index (Phi) is 7.50. The lowest BCUT2D eigenvalue weighted by atomic mass is 9.92. The molecule has 3 aromatic rings. The molecule has 0 unspecified atom stereocenters. The molecule has 2 N–H and O–H groups in total. The van der Waals surface area contributed by atoms with Gasteiger partial charge in [-0.3, -0.25) is 0 Å². The first-order chi connectivity index (χ1) is 15.9. The summed E-state index contributed by atoms with van der Waals surface area (Å²) in [5, 5.41) is 13.9. The molecule has 6 nitrogen and oxygen atoms in total. The molecule has 1 aliphatic carbocycles. The number of aromatic carboxylic acids is 1. The van der Waals surface area contributed by atoms with E-state index in [1.54, 1.807) is 12.1 Å². The number of hydrogen-bond donors (Lipinski definition) is 2. The molecule has 1 aliphatic rings. The van der Waals surface area contributed by atoms with E-state index < -0.39 is 5.97 Å². The van der Waals surface area contributed by atoms with Gasteiger partial charge in [-0.25, -0.2) is 4.79 Å². The van der Waals surface area contributed by atoms with Crippen LogP contribution < -0.4 is 10.2 Å². The fourth-order valence-corrected chi connectivity index (χ4v) is 5.30. The lowest BCUT2D eigenvalue weighted by Gasteiger charge is -2.38. The minimum atomic E-state index is -0.941. The average molecular weight is 485 g/mol. The standard InChI is InChI=1S/C25H29ClN4O2S/c1-16(2)15-30(18-8-4-3-5-9-18)22-13-12-17(19-10-6-7-11-20(19)23(31)32)14-21(22)27-25-28-24(26)29-33-25/h6-7,10-14,16,18H,3-5,8-9,15H2,1-2H3,(H,31,32)(H,27,28,29). The molecule has 1 fully saturated rings. The molecule has 2 aromatic carbocycles. The topological polar surface area (TPSA) is 78.4 Å². The van der Waals surface area contributed by atoms with Gasteiger partial charge in [0.15, 0.2) is 0 Å². The largest absolute Gasteiger partial charge is 0.478 e. The van der Waals surface area contributed by atoms with Gasteiger partial charge in [-0.2, -0.15) is 9.36 Å². The second kappa shape index (κ2) is 10.5. The van der Waals surface area contributed by atoms with Crippen LogP contribution in [0.2, 0.25) is 5.28 Å². The highest BCUT2D eigenvalue weighted by atomic mass is 35.5. The summed E-state index contributed by atoms with van der Waals surface area (Å²) < 4.78 is 4.09. The van der Waals surface area contributed by atoms with Crippen molar-refractivity contribution in [3.63, 3.8) is 0 Å². The summed E-state index contributed by atoms with van der Waals surface area (Å²) in [4.78, 5) is 18.6. The summed E-state index contributed by atoms with van der Waals surface area (Å²) in [6.07, 6.45) is 6.16. The van der Waals surface area contributed by atoms with Crippen LogP contribution in [0.4, 0.5) is 16.5 Å². The third kappa shape index (κ3) is 5.65. The molecule has 0 aliphatic heterocycles. The van der Waals surface area contributed by atoms with Crippen molar-refractivity contribution in [2.24, 2.45) is 5.92 Å². The molecular weight excluding hydrogens is 456 g/mol. The maximum atomic E-state index is 11.8. The van der Waals surface area contributed by atoms with Crippen LogP contribution >= 0.6 is 23.1 Å². The Labute approximate surface area is 203 Å². The first-order valence-electron chi connectivity index (χ1n) is 11.4. The van der Waals surface area contributed by atoms with Crippen LogP contribution in [0.15, 0.2) is 42.5 Å². The summed E-state index contributed by atoms with van der Waals surface area (Å²) >= 11 is 7.18. The third-order valence-electron chi connectivity index (χ3n) is 5.99. The molecule has 174 valence electrons. The predicted octanol–water partition coefficient (Wildman–Crippen LogP) is 7.10. The lowest BCUT2D eigenvalue weighted by molar-refractivity contribution is 0.0697. The van der Waals surface area contributed by atoms with Gasteiger partial charge in [-0.05, 0) is 59.7 Å². The van der Waals surface area contributed by atoms with Crippen molar-refractivity contribution in [3.8, 4) is 11.1 Å². The minimum absolute atomic E-state index is 0.211. The van der Waals surface area contributed by atoms with Gasteiger partial charge in [0.25, 0.3) is 0 Å². The smallest absolute Gasteiger partial charge is 0.336 e. The fourth-order valence-electron chi connectivity index (χ4n) is 4.58. The Bertz CT molecular complexity index is 1110. The zero-order chi connectivity index (χ0) is 23.4. The van der Waals surface area contributed by atoms with Crippen molar-refractivity contribution in [3.05, 3.63) is 53.3 Å². The number of nitrogens with one attached hydrogen (secondary N) is 1. The van der Waals surface area contributed by atoms with E-state index in [0.29, 0.717) is 22.7 Å². The molecule has 0 spiro atoms. The fraction of sp³-hybridized carbons (Fsp3) is 0.400. The zero-order valence-corrected chi connectivity index (χ0v) is 20.5. The highest BCUT2D eigenvalue weighted by Gasteiger charge is 2.25. The zero-order valence-electron chi connectivity index (χ0n) is 18.9. The Balaban J connectivity index is 1.80. The number of halogens is 1. The van der Waals surface area contributed by atoms with E-state index in [1.165, 1.54) is 43.6 Å². The molecule has 0 bridgehead atoms. The Morgan fingerprint density at radius 3 is 2.64 bits per heavy atom. The van der Waals surface area contributed by atoms with E-state index in [9.17, 15) is 9.90 Å². The molecule has 1 saturated carbocycles. The normalized spacial score (nSPS) is 14.4. The second-order valence-electron chi connectivity index (χ2n) is 8.91. The number of anilines is 3. The molecular formula is C25H29ClN4O2S. The molecule has 1 aromatic heterocycles. The summed E-state index contributed by atoms with van der Waals surface area (Å²) in [6.45, 7) is 5.43. The monoisotopic (exact) mass is 484 g/mol. The van der Waals surface area contributed by atoms with Gasteiger partial charge in [0.1, 0.15) is 0 Å². The van der Waals surface area contributed by atoms with Gasteiger partial charge in [-0.1, -0.05) is 57.4 Å². The molecule has 0 radical (unpaired) electrons. The maximum absolute atomic E-state index is 11.8. The molecule has 0 atom stereocenters. The van der Waals surface area contributed by atoms with Crippen LogP contribution in [-0.4, -0.2) is 33.0 Å². The van der Waals surface area contributed by atoms with E-state index >= 15 is 0 Å². The number of rotatable bonds is 8. The van der Waals surface area contributed by atoms with Crippen molar-refractivity contribution in [2.75, 3.05) is 16.8 Å². The third-order valence-corrected chi connectivity index (χ3v) is 6.89. The number of carboxylic acids is 1. The number of nitrogens with zero attached hydrogens (tertiary/aromatic N) is 3. The Morgan fingerprint density at radius 2 is 1.97 bits per heavy atom. The van der Waals surface area contributed by atoms with Gasteiger partial charge in [0, 0.05) is 24.1 Å². The van der Waals surface area contributed by atoms with Crippen molar-refractivity contribution in [2.45, 2.75) is 52.0 Å². The van der Waals surface area contributed by atoms with Crippen LogP contribution in [0.1, 0.15) is 56.3 Å². The van der Waals surface area contributed by atoms with Crippen molar-refractivity contribution < 1.29 is 9.90 Å². The summed E-state index contributed by atoms with van der Waals surface area (Å²) in [5.41, 5.74) is 3.78. The first kappa shape index (κ1) is 23.5. The summed E-state index contributed by atoms with van der Waals surface area (Å²) in [6, 6.07) is 13.7. The van der Waals surface area contributed by atoms with Crippen LogP contribution in [-0.2, 0) is 0 Å². The Hall–Kier alpha value is -2.64. The van der Waals surface area contributed by atoms with Crippen molar-refractivity contribution >= 4 is 45.6 Å². The number of carbonyl (C=O) groups is 1. The molecule has 1 heterocycles. The molecule has 0 saturated heterocycles. The summed E-state index contributed by atoms with van der Waals surface area (Å²) in [7, 11) is 0. The van der Waals surface area contributed by atoms with Crippen molar-refractivity contribution in [1.29, 1.82) is 0 Å². The highest BCUT2D eigenvalue weighted by Crippen LogP contribution is 2.38. The Morgan fingerprint density at radius 1 is 1.21 bits per heavy atom. The van der Waals surface area contributed by atoms with Gasteiger partial charge in [-0.15, -0.1) is 0 Å². The predicted molar refractivity (Wildman–Crippen MR) is 136 cm³/mol. The van der Waals surface area contributed by atoms with Crippen molar-refractivity contribution in [1.82, 2.24) is 9.36 Å². The SMILES string of the molecule is CC(C)CN(c1ccc(-c2ccccc2C(=O)O)cc1Nc1nc(Cl)ns1)C1CCCCC1. The van der Waals surface area contributed by atoms with Crippen LogP contribution in [0, 0.1) is 5.92 Å². The average Bonchev–Trinajstić information content (AvgIpc) is 3.22. The summed E-state index contributed by atoms with van der Waals surface area (Å²) in [5.74, 6) is -0.438. The van der Waals surface area contributed by atoms with Gasteiger partial charge in [0.05, 0.1) is 16.9 Å². The number of benzene rings is 2. The second-order valence-corrected chi connectivity index (χ2v) is 10.0. The van der Waals surface area contributed by atoms with E-state index in [2.05, 4.69) is 39.5 Å². The number of carboxylic acid groups (broad SMARTS) is 1.